The van der Waals surface area contributed by atoms with Crippen molar-refractivity contribution >= 4 is 5.71 Å². The largest absolute Gasteiger partial charge is 0.389 e. The van der Waals surface area contributed by atoms with Gasteiger partial charge < -0.3 is 10.2 Å². The summed E-state index contributed by atoms with van der Waals surface area (Å²) in [6.45, 7) is 5.85. The number of hydrogen-bond donors (Lipinski definition) is 1. The Labute approximate surface area is 118 Å². The fourth-order valence-corrected chi connectivity index (χ4v) is 3.54. The molecule has 0 saturated carbocycles. The van der Waals surface area contributed by atoms with Crippen LogP contribution in [0.5, 0.6) is 0 Å². The average Bonchev–Trinajstić information content (AvgIpc) is 3.07. The van der Waals surface area contributed by atoms with Crippen molar-refractivity contribution in [2.75, 3.05) is 39.3 Å². The Morgan fingerprint density at radius 3 is 3.10 bits per heavy atom. The van der Waals surface area contributed by atoms with E-state index in [2.05, 4.69) is 25.6 Å². The van der Waals surface area contributed by atoms with Crippen molar-refractivity contribution in [3.63, 3.8) is 0 Å². The van der Waals surface area contributed by atoms with Crippen molar-refractivity contribution in [1.82, 2.24) is 10.2 Å². The Morgan fingerprint density at radius 1 is 1.30 bits per heavy atom. The number of rotatable bonds is 2. The normalized spacial score (nSPS) is 28.7. The summed E-state index contributed by atoms with van der Waals surface area (Å²) in [5.74, 6) is 0. The summed E-state index contributed by atoms with van der Waals surface area (Å²) in [6, 6.07) is 0. The van der Waals surface area contributed by atoms with Crippen LogP contribution in [0.2, 0.25) is 0 Å². The molecule has 4 aliphatic rings. The Kier molecular flexibility index (Phi) is 3.07. The van der Waals surface area contributed by atoms with Crippen molar-refractivity contribution in [3.05, 3.63) is 11.3 Å². The number of piperidine rings is 1. The third-order valence-electron chi connectivity index (χ3n) is 4.78. The highest BCUT2D eigenvalue weighted by atomic mass is 16.7. The minimum Gasteiger partial charge on any atom is -0.389 e. The first-order chi connectivity index (χ1) is 9.83. The Bertz CT molecular complexity index is 490. The van der Waals surface area contributed by atoms with E-state index in [-0.39, 0.29) is 5.60 Å². The van der Waals surface area contributed by atoms with Crippen LogP contribution in [0.25, 0.3) is 0 Å². The molecule has 4 rings (SSSR count). The van der Waals surface area contributed by atoms with E-state index < -0.39 is 0 Å². The van der Waals surface area contributed by atoms with Gasteiger partial charge in [0.2, 0.25) is 0 Å². The van der Waals surface area contributed by atoms with E-state index in [9.17, 15) is 0 Å². The molecule has 0 radical (unpaired) electrons. The highest BCUT2D eigenvalue weighted by molar-refractivity contribution is 5.88. The van der Waals surface area contributed by atoms with Crippen molar-refractivity contribution in [2.45, 2.75) is 31.3 Å². The van der Waals surface area contributed by atoms with Crippen LogP contribution < -0.4 is 5.32 Å². The van der Waals surface area contributed by atoms with Gasteiger partial charge in [-0.25, -0.2) is 0 Å². The molecule has 4 heterocycles. The molecule has 0 atom stereocenters. The topological polar surface area (TPSA) is 61.6 Å². The molecule has 1 N–H and O–H groups in total. The number of hydrogen-bond acceptors (Lipinski definition) is 6. The van der Waals surface area contributed by atoms with Gasteiger partial charge in [-0.1, -0.05) is 5.16 Å². The minimum atomic E-state index is -0.00609. The highest BCUT2D eigenvalue weighted by Gasteiger charge is 2.40. The summed E-state index contributed by atoms with van der Waals surface area (Å²) in [5, 5.41) is 16.1. The van der Waals surface area contributed by atoms with Crippen LogP contribution in [-0.4, -0.2) is 55.5 Å². The fraction of sp³-hybridized carbons (Fsp3) is 0.786. The number of azo groups is 1. The Morgan fingerprint density at radius 2 is 2.20 bits per heavy atom. The van der Waals surface area contributed by atoms with E-state index in [1.54, 1.807) is 0 Å². The maximum atomic E-state index is 5.79. The molecular weight excluding hydrogens is 254 g/mol. The minimum absolute atomic E-state index is 0.00609. The molecule has 1 saturated heterocycles. The molecule has 4 aliphatic heterocycles. The smallest absolute Gasteiger partial charge is 0.145 e. The lowest BCUT2D eigenvalue weighted by Gasteiger charge is -2.31. The zero-order valence-electron chi connectivity index (χ0n) is 11.8. The molecule has 20 heavy (non-hydrogen) atoms. The number of nitrogens with one attached hydrogen (secondary N) is 1. The van der Waals surface area contributed by atoms with Gasteiger partial charge in [0.15, 0.2) is 0 Å². The second-order valence-corrected chi connectivity index (χ2v) is 6.27. The van der Waals surface area contributed by atoms with E-state index in [1.807, 2.05) is 0 Å². The van der Waals surface area contributed by atoms with Crippen LogP contribution in [0.4, 0.5) is 0 Å². The Balaban J connectivity index is 1.35. The first kappa shape index (κ1) is 12.5. The van der Waals surface area contributed by atoms with Gasteiger partial charge in [0.25, 0.3) is 0 Å². The molecule has 0 aromatic carbocycles. The van der Waals surface area contributed by atoms with Crippen LogP contribution in [0.3, 0.4) is 0 Å². The molecule has 0 bridgehead atoms. The zero-order chi connectivity index (χ0) is 13.4. The fourth-order valence-electron chi connectivity index (χ4n) is 3.54. The summed E-state index contributed by atoms with van der Waals surface area (Å²) in [7, 11) is 0. The summed E-state index contributed by atoms with van der Waals surface area (Å²) < 4.78 is 0. The highest BCUT2D eigenvalue weighted by Crippen LogP contribution is 2.33. The lowest BCUT2D eigenvalue weighted by molar-refractivity contribution is -0.0400. The predicted molar refractivity (Wildman–Crippen MR) is 75.8 cm³/mol. The summed E-state index contributed by atoms with van der Waals surface area (Å²) in [6.07, 6.45) is 4.25. The van der Waals surface area contributed by atoms with Crippen molar-refractivity contribution in [1.29, 1.82) is 0 Å². The summed E-state index contributed by atoms with van der Waals surface area (Å²) >= 11 is 0. The molecular formula is C14H21N5O. The van der Waals surface area contributed by atoms with Crippen LogP contribution in [0.1, 0.15) is 25.7 Å². The summed E-state index contributed by atoms with van der Waals surface area (Å²) in [5.41, 5.74) is 3.81. The quantitative estimate of drug-likeness (QED) is 0.826. The average molecular weight is 275 g/mol. The molecule has 108 valence electrons. The third-order valence-corrected chi connectivity index (χ3v) is 4.78. The molecule has 0 unspecified atom stereocenters. The molecule has 0 aromatic heterocycles. The van der Waals surface area contributed by atoms with E-state index >= 15 is 0 Å². The van der Waals surface area contributed by atoms with Gasteiger partial charge in [0, 0.05) is 38.9 Å². The summed E-state index contributed by atoms with van der Waals surface area (Å²) in [4.78, 5) is 8.21. The lowest BCUT2D eigenvalue weighted by Crippen LogP contribution is -2.43. The number of oxime groups is 1. The van der Waals surface area contributed by atoms with E-state index in [0.29, 0.717) is 0 Å². The van der Waals surface area contributed by atoms with Gasteiger partial charge in [-0.2, -0.15) is 10.2 Å². The van der Waals surface area contributed by atoms with E-state index in [4.69, 9.17) is 4.84 Å². The predicted octanol–water partition coefficient (Wildman–Crippen LogP) is 1.31. The molecule has 6 heteroatoms. The third kappa shape index (κ3) is 2.27. The van der Waals surface area contributed by atoms with Crippen LogP contribution in [0.15, 0.2) is 26.7 Å². The van der Waals surface area contributed by atoms with Gasteiger partial charge in [0.05, 0.1) is 18.0 Å². The molecule has 6 nitrogen and oxygen atoms in total. The van der Waals surface area contributed by atoms with Crippen molar-refractivity contribution < 1.29 is 4.84 Å². The monoisotopic (exact) mass is 275 g/mol. The molecule has 1 spiro atoms. The van der Waals surface area contributed by atoms with Gasteiger partial charge in [-0.3, -0.25) is 4.90 Å². The van der Waals surface area contributed by atoms with Crippen molar-refractivity contribution in [3.8, 4) is 0 Å². The van der Waals surface area contributed by atoms with E-state index in [0.717, 1.165) is 65.0 Å². The maximum Gasteiger partial charge on any atom is 0.145 e. The van der Waals surface area contributed by atoms with Crippen LogP contribution in [-0.2, 0) is 4.84 Å². The first-order valence-electron chi connectivity index (χ1n) is 7.58. The second-order valence-electron chi connectivity index (χ2n) is 6.27. The zero-order valence-corrected chi connectivity index (χ0v) is 11.8. The standard InChI is InChI=1S/C14H21N5O/c1-6-19(10-13-11(1)8-16-17-13)9-12-7-14(20-18-12)2-4-15-5-3-14/h15H,1-10H2. The Hall–Kier alpha value is -1.27. The van der Waals surface area contributed by atoms with Crippen LogP contribution >= 0.6 is 0 Å². The molecule has 0 aliphatic carbocycles. The first-order valence-corrected chi connectivity index (χ1v) is 7.58. The molecule has 1 fully saturated rings. The van der Waals surface area contributed by atoms with Gasteiger partial charge in [0.1, 0.15) is 5.60 Å². The molecule has 0 aromatic rings. The van der Waals surface area contributed by atoms with Gasteiger partial charge in [-0.05, 0) is 25.1 Å². The maximum absolute atomic E-state index is 5.79. The lowest BCUT2D eigenvalue weighted by atomic mass is 9.87. The van der Waals surface area contributed by atoms with Gasteiger partial charge >= 0.3 is 0 Å². The second kappa shape index (κ2) is 4.93. The van der Waals surface area contributed by atoms with E-state index in [1.165, 1.54) is 17.0 Å². The molecule has 0 amide bonds. The van der Waals surface area contributed by atoms with Crippen molar-refractivity contribution in [2.24, 2.45) is 15.4 Å². The number of nitrogens with zero attached hydrogens (tertiary/aromatic N) is 4. The SMILES string of the molecule is C1CC2(CCN1)CC(CN1CCC3=C(C1)N=NC3)=NO2. The van der Waals surface area contributed by atoms with Gasteiger partial charge in [-0.15, -0.1) is 0 Å². The van der Waals surface area contributed by atoms with Crippen LogP contribution in [0, 0.1) is 0 Å².